The molecule has 5 nitrogen and oxygen atoms in total. The van der Waals surface area contributed by atoms with Crippen molar-refractivity contribution in [3.63, 3.8) is 0 Å². The summed E-state index contributed by atoms with van der Waals surface area (Å²) in [7, 11) is 0. The van der Waals surface area contributed by atoms with Gasteiger partial charge in [-0.1, -0.05) is 35.9 Å². The van der Waals surface area contributed by atoms with E-state index in [1.807, 2.05) is 42.2 Å². The lowest BCUT2D eigenvalue weighted by molar-refractivity contribution is 0.00229. The zero-order valence-electron chi connectivity index (χ0n) is 15.6. The van der Waals surface area contributed by atoms with Crippen LogP contribution in [0.3, 0.4) is 0 Å². The van der Waals surface area contributed by atoms with Crippen molar-refractivity contribution in [2.24, 2.45) is 17.1 Å². The molecule has 2 aliphatic heterocycles. The summed E-state index contributed by atoms with van der Waals surface area (Å²) in [4.78, 5) is 15.0. The van der Waals surface area contributed by atoms with E-state index < -0.39 is 0 Å². The van der Waals surface area contributed by atoms with Gasteiger partial charge in [-0.05, 0) is 49.3 Å². The molecule has 2 aliphatic rings. The van der Waals surface area contributed by atoms with Gasteiger partial charge in [-0.3, -0.25) is 0 Å². The van der Waals surface area contributed by atoms with Crippen LogP contribution in [0.5, 0.6) is 0 Å². The number of likely N-dealkylation sites (tertiary alicyclic amines) is 1. The van der Waals surface area contributed by atoms with Crippen LogP contribution in [-0.4, -0.2) is 43.8 Å². The molecule has 2 saturated heterocycles. The molecule has 144 valence electrons. The number of hydrogen-bond acceptors (Lipinski definition) is 3. The number of ether oxygens (including phenoxy) is 1. The van der Waals surface area contributed by atoms with Crippen molar-refractivity contribution in [3.8, 4) is 0 Å². The first kappa shape index (κ1) is 18.5. The third-order valence-electron chi connectivity index (χ3n) is 6.30. The molecule has 0 bridgehead atoms. The maximum Gasteiger partial charge on any atom is 0.321 e. The molecular formula is C21H26ClN3O2. The van der Waals surface area contributed by atoms with Crippen molar-refractivity contribution < 1.29 is 9.53 Å². The number of fused-ring (bicyclic) bond motifs is 1. The van der Waals surface area contributed by atoms with Crippen molar-refractivity contribution in [2.75, 3.05) is 38.2 Å². The Bertz CT molecular complexity index is 864. The number of amides is 2. The van der Waals surface area contributed by atoms with E-state index in [1.165, 1.54) is 0 Å². The Kier molecular flexibility index (Phi) is 5.01. The van der Waals surface area contributed by atoms with Crippen molar-refractivity contribution in [2.45, 2.75) is 19.8 Å². The summed E-state index contributed by atoms with van der Waals surface area (Å²) >= 11 is 6.38. The summed E-state index contributed by atoms with van der Waals surface area (Å²) in [5.74, 6) is 0.329. The number of nitrogens with zero attached hydrogens (tertiary/aromatic N) is 1. The van der Waals surface area contributed by atoms with E-state index in [4.69, 9.17) is 22.1 Å². The number of rotatable bonds is 2. The topological polar surface area (TPSA) is 67.6 Å². The maximum atomic E-state index is 13.1. The van der Waals surface area contributed by atoms with Crippen LogP contribution in [-0.2, 0) is 4.74 Å². The predicted molar refractivity (Wildman–Crippen MR) is 109 cm³/mol. The number of carbonyl (C=O) groups excluding carboxylic acids is 1. The largest absolute Gasteiger partial charge is 0.381 e. The maximum absolute atomic E-state index is 13.1. The minimum Gasteiger partial charge on any atom is -0.381 e. The monoisotopic (exact) mass is 387 g/mol. The van der Waals surface area contributed by atoms with E-state index >= 15 is 0 Å². The summed E-state index contributed by atoms with van der Waals surface area (Å²) < 4.78 is 5.54. The summed E-state index contributed by atoms with van der Waals surface area (Å²) in [5.41, 5.74) is 7.95. The molecule has 2 fully saturated rings. The molecule has 0 radical (unpaired) electrons. The lowest BCUT2D eigenvalue weighted by Crippen LogP contribution is -2.40. The van der Waals surface area contributed by atoms with Crippen LogP contribution in [0.25, 0.3) is 10.8 Å². The predicted octanol–water partition coefficient (Wildman–Crippen LogP) is 4.02. The van der Waals surface area contributed by atoms with Gasteiger partial charge in [-0.25, -0.2) is 4.79 Å². The highest BCUT2D eigenvalue weighted by Crippen LogP contribution is 2.44. The first-order chi connectivity index (χ1) is 13.0. The average Bonchev–Trinajstić information content (AvgIpc) is 3.03. The fourth-order valence-electron chi connectivity index (χ4n) is 4.67. The number of anilines is 1. The van der Waals surface area contributed by atoms with E-state index in [2.05, 4.69) is 5.32 Å². The van der Waals surface area contributed by atoms with E-state index in [0.29, 0.717) is 24.0 Å². The van der Waals surface area contributed by atoms with Crippen LogP contribution < -0.4 is 11.1 Å². The number of aryl methyl sites for hydroxylation is 1. The molecule has 2 aromatic rings. The van der Waals surface area contributed by atoms with Gasteiger partial charge in [0.05, 0.1) is 5.69 Å². The lowest BCUT2D eigenvalue weighted by Gasteiger charge is -2.37. The fraction of sp³-hybridized carbons (Fsp3) is 0.476. The lowest BCUT2D eigenvalue weighted by atomic mass is 9.72. The second-order valence-electron chi connectivity index (χ2n) is 7.81. The Balaban J connectivity index is 1.59. The number of urea groups is 1. The van der Waals surface area contributed by atoms with Gasteiger partial charge in [0.2, 0.25) is 0 Å². The molecule has 27 heavy (non-hydrogen) atoms. The first-order valence-electron chi connectivity index (χ1n) is 9.56. The van der Waals surface area contributed by atoms with E-state index in [9.17, 15) is 4.79 Å². The zero-order chi connectivity index (χ0) is 19.0. The van der Waals surface area contributed by atoms with E-state index in [-0.39, 0.29) is 11.4 Å². The quantitative estimate of drug-likeness (QED) is 0.817. The summed E-state index contributed by atoms with van der Waals surface area (Å²) in [6.07, 6.45) is 1.95. The van der Waals surface area contributed by atoms with Gasteiger partial charge in [-0.2, -0.15) is 0 Å². The first-order valence-corrected chi connectivity index (χ1v) is 9.93. The minimum atomic E-state index is -0.0626. The second kappa shape index (κ2) is 7.30. The van der Waals surface area contributed by atoms with Crippen LogP contribution in [0.15, 0.2) is 30.3 Å². The van der Waals surface area contributed by atoms with E-state index in [1.54, 1.807) is 0 Å². The van der Waals surface area contributed by atoms with Gasteiger partial charge in [0.1, 0.15) is 0 Å². The minimum absolute atomic E-state index is 0.0626. The number of nitrogens with one attached hydrogen (secondary N) is 1. The van der Waals surface area contributed by atoms with Gasteiger partial charge in [0.15, 0.2) is 0 Å². The second-order valence-corrected chi connectivity index (χ2v) is 8.22. The van der Waals surface area contributed by atoms with Crippen molar-refractivity contribution in [1.82, 2.24) is 4.90 Å². The molecule has 0 saturated carbocycles. The number of nitrogens with two attached hydrogens (primary N) is 1. The molecule has 4 rings (SSSR count). The Labute approximate surface area is 164 Å². The molecule has 1 unspecified atom stereocenters. The van der Waals surface area contributed by atoms with Gasteiger partial charge >= 0.3 is 6.03 Å². The Morgan fingerprint density at radius 3 is 2.74 bits per heavy atom. The Morgan fingerprint density at radius 1 is 1.33 bits per heavy atom. The number of carbonyl (C=O) groups is 1. The molecule has 1 atom stereocenters. The van der Waals surface area contributed by atoms with Crippen LogP contribution in [0, 0.1) is 18.3 Å². The Hall–Kier alpha value is -1.82. The van der Waals surface area contributed by atoms with Gasteiger partial charge in [0, 0.05) is 42.1 Å². The molecule has 2 aromatic carbocycles. The number of benzene rings is 2. The Morgan fingerprint density at radius 2 is 2.04 bits per heavy atom. The summed E-state index contributed by atoms with van der Waals surface area (Å²) in [6.45, 7) is 5.54. The van der Waals surface area contributed by atoms with Gasteiger partial charge in [0.25, 0.3) is 0 Å². The van der Waals surface area contributed by atoms with Crippen molar-refractivity contribution in [1.29, 1.82) is 0 Å². The van der Waals surface area contributed by atoms with Crippen LogP contribution in [0.2, 0.25) is 5.02 Å². The van der Waals surface area contributed by atoms with Gasteiger partial charge < -0.3 is 20.7 Å². The van der Waals surface area contributed by atoms with Crippen LogP contribution in [0.1, 0.15) is 18.4 Å². The third-order valence-corrected chi connectivity index (χ3v) is 6.61. The van der Waals surface area contributed by atoms with Crippen molar-refractivity contribution in [3.05, 3.63) is 40.9 Å². The smallest absolute Gasteiger partial charge is 0.321 e. The van der Waals surface area contributed by atoms with E-state index in [0.717, 1.165) is 54.6 Å². The standard InChI is InChI=1S/C21H26ClN3O2/c1-14-10-18(22)16-4-2-3-5-17(16)19(14)24-20(26)25-12-15(11-23)21(13-25)6-8-27-9-7-21/h2-5,10,15H,6-9,11-13,23H2,1H3,(H,24,26). The average molecular weight is 388 g/mol. The highest BCUT2D eigenvalue weighted by Gasteiger charge is 2.47. The molecule has 3 N–H and O–H groups in total. The highest BCUT2D eigenvalue weighted by atomic mass is 35.5. The van der Waals surface area contributed by atoms with Gasteiger partial charge in [-0.15, -0.1) is 0 Å². The summed E-state index contributed by atoms with van der Waals surface area (Å²) in [6, 6.07) is 9.74. The SMILES string of the molecule is Cc1cc(Cl)c2ccccc2c1NC(=O)N1CC(CN)C2(CCOCC2)C1. The van der Waals surface area contributed by atoms with Crippen LogP contribution in [0.4, 0.5) is 10.5 Å². The number of halogens is 1. The highest BCUT2D eigenvalue weighted by molar-refractivity contribution is 6.36. The summed E-state index contributed by atoms with van der Waals surface area (Å²) in [5, 5.41) is 5.76. The molecule has 2 amide bonds. The zero-order valence-corrected chi connectivity index (χ0v) is 16.4. The molecular weight excluding hydrogens is 362 g/mol. The van der Waals surface area contributed by atoms with Crippen molar-refractivity contribution >= 4 is 34.1 Å². The fourth-order valence-corrected chi connectivity index (χ4v) is 5.00. The van der Waals surface area contributed by atoms with Crippen LogP contribution >= 0.6 is 11.6 Å². The molecule has 0 aliphatic carbocycles. The normalized spacial score (nSPS) is 21.7. The molecule has 6 heteroatoms. The third kappa shape index (κ3) is 3.28. The molecule has 0 aromatic heterocycles. The molecule has 2 heterocycles. The molecule has 1 spiro atoms. The number of hydrogen-bond donors (Lipinski definition) is 2.